The highest BCUT2D eigenvalue weighted by Crippen LogP contribution is 2.25. The monoisotopic (exact) mass is 234 g/mol. The van der Waals surface area contributed by atoms with E-state index in [0.717, 1.165) is 18.4 Å². The van der Waals surface area contributed by atoms with Gasteiger partial charge in [-0.3, -0.25) is 0 Å². The first kappa shape index (κ1) is 14.1. The molecule has 0 heterocycles. The number of aryl methyl sites for hydroxylation is 1. The molecule has 0 spiro atoms. The number of hydrogen-bond donors (Lipinski definition) is 4. The molecule has 0 atom stereocenters. The van der Waals surface area contributed by atoms with Crippen molar-refractivity contribution >= 4 is 7.82 Å². The Hall–Kier alpha value is -0.870. The maximum atomic E-state index is 9.24. The van der Waals surface area contributed by atoms with Crippen LogP contribution in [0.25, 0.3) is 0 Å². The maximum absolute atomic E-state index is 9.24. The SMILES string of the molecule is CCCc1ccccc1O.O=P(O)(O)O. The second-order valence-electron chi connectivity index (χ2n) is 2.89. The maximum Gasteiger partial charge on any atom is 0.466 e. The Kier molecular flexibility index (Phi) is 6.20. The summed E-state index contributed by atoms with van der Waals surface area (Å²) in [5.41, 5.74) is 1.05. The van der Waals surface area contributed by atoms with Gasteiger partial charge < -0.3 is 19.8 Å². The molecule has 0 aliphatic carbocycles. The quantitative estimate of drug-likeness (QED) is 0.580. The summed E-state index contributed by atoms with van der Waals surface area (Å²) in [5, 5.41) is 9.24. The van der Waals surface area contributed by atoms with Gasteiger partial charge in [-0.1, -0.05) is 31.5 Å². The topological polar surface area (TPSA) is 98.0 Å². The molecule has 0 saturated carbocycles. The lowest BCUT2D eigenvalue weighted by atomic mass is 10.1. The third kappa shape index (κ3) is 9.43. The summed E-state index contributed by atoms with van der Waals surface area (Å²) in [6.07, 6.45) is 2.05. The molecule has 15 heavy (non-hydrogen) atoms. The second-order valence-corrected chi connectivity index (χ2v) is 3.92. The molecule has 0 amide bonds. The van der Waals surface area contributed by atoms with Crippen LogP contribution in [0.1, 0.15) is 18.9 Å². The van der Waals surface area contributed by atoms with E-state index in [-0.39, 0.29) is 0 Å². The van der Waals surface area contributed by atoms with Crippen molar-refractivity contribution in [1.82, 2.24) is 0 Å². The van der Waals surface area contributed by atoms with E-state index in [4.69, 9.17) is 19.2 Å². The number of para-hydroxylation sites is 1. The molecule has 1 rings (SSSR count). The van der Waals surface area contributed by atoms with E-state index in [1.54, 1.807) is 6.07 Å². The van der Waals surface area contributed by atoms with E-state index < -0.39 is 7.82 Å². The smallest absolute Gasteiger partial charge is 0.466 e. The Morgan fingerprint density at radius 3 is 2.07 bits per heavy atom. The fourth-order valence-electron chi connectivity index (χ4n) is 0.992. The molecule has 86 valence electrons. The first-order chi connectivity index (χ1) is 6.84. The Bertz CT molecular complexity index is 325. The molecule has 0 bridgehead atoms. The molecule has 0 fully saturated rings. The van der Waals surface area contributed by atoms with Crippen LogP contribution >= 0.6 is 7.82 Å². The van der Waals surface area contributed by atoms with Crippen LogP contribution in [-0.2, 0) is 11.0 Å². The minimum atomic E-state index is -4.64. The van der Waals surface area contributed by atoms with Gasteiger partial charge in [-0.25, -0.2) is 4.57 Å². The number of phenols is 1. The molecule has 0 aromatic heterocycles. The number of phosphoric acid groups is 1. The van der Waals surface area contributed by atoms with Crippen LogP contribution in [0.5, 0.6) is 5.75 Å². The number of aromatic hydroxyl groups is 1. The average Bonchev–Trinajstić information content (AvgIpc) is 2.06. The molecule has 1 aromatic carbocycles. The molecular formula is C9H15O5P. The van der Waals surface area contributed by atoms with Gasteiger partial charge >= 0.3 is 7.82 Å². The molecule has 0 unspecified atom stereocenters. The zero-order valence-electron chi connectivity index (χ0n) is 8.37. The van der Waals surface area contributed by atoms with E-state index in [1.165, 1.54) is 0 Å². The van der Waals surface area contributed by atoms with Gasteiger partial charge in [0.15, 0.2) is 0 Å². The van der Waals surface area contributed by atoms with Crippen LogP contribution in [-0.4, -0.2) is 19.8 Å². The van der Waals surface area contributed by atoms with E-state index in [0.29, 0.717) is 5.75 Å². The zero-order chi connectivity index (χ0) is 11.9. The van der Waals surface area contributed by atoms with Crippen LogP contribution in [0.3, 0.4) is 0 Å². The minimum absolute atomic E-state index is 0.421. The van der Waals surface area contributed by atoms with Gasteiger partial charge in [0.1, 0.15) is 5.75 Å². The van der Waals surface area contributed by atoms with Crippen molar-refractivity contribution in [2.45, 2.75) is 19.8 Å². The van der Waals surface area contributed by atoms with Gasteiger partial charge in [0.25, 0.3) is 0 Å². The predicted octanol–water partition coefficient (Wildman–Crippen LogP) is 1.42. The number of benzene rings is 1. The van der Waals surface area contributed by atoms with Crippen molar-refractivity contribution in [3.63, 3.8) is 0 Å². The molecule has 0 saturated heterocycles. The van der Waals surface area contributed by atoms with Gasteiger partial charge in [0.05, 0.1) is 0 Å². The van der Waals surface area contributed by atoms with Gasteiger partial charge in [-0.15, -0.1) is 0 Å². The van der Waals surface area contributed by atoms with Crippen LogP contribution < -0.4 is 0 Å². The van der Waals surface area contributed by atoms with E-state index in [9.17, 15) is 5.11 Å². The fraction of sp³-hybridized carbons (Fsp3) is 0.333. The molecular weight excluding hydrogens is 219 g/mol. The summed E-state index contributed by atoms with van der Waals surface area (Å²) in [6, 6.07) is 7.48. The van der Waals surface area contributed by atoms with Crippen molar-refractivity contribution in [2.75, 3.05) is 0 Å². The van der Waals surface area contributed by atoms with Crippen molar-refractivity contribution in [1.29, 1.82) is 0 Å². The lowest BCUT2D eigenvalue weighted by Gasteiger charge is -1.99. The lowest BCUT2D eigenvalue weighted by molar-refractivity contribution is 0.275. The summed E-state index contributed by atoms with van der Waals surface area (Å²) < 4.78 is 8.88. The minimum Gasteiger partial charge on any atom is -0.508 e. The molecule has 1 aromatic rings. The summed E-state index contributed by atoms with van der Waals surface area (Å²) in [7, 11) is -4.64. The summed E-state index contributed by atoms with van der Waals surface area (Å²) in [4.78, 5) is 21.6. The number of phenolic OH excluding ortho intramolecular Hbond substituents is 1. The van der Waals surface area contributed by atoms with Crippen molar-refractivity contribution < 1.29 is 24.4 Å². The first-order valence-corrected chi connectivity index (χ1v) is 5.96. The van der Waals surface area contributed by atoms with Crippen molar-refractivity contribution in [2.24, 2.45) is 0 Å². The van der Waals surface area contributed by atoms with Gasteiger partial charge in [0.2, 0.25) is 0 Å². The Morgan fingerprint density at radius 2 is 1.67 bits per heavy atom. The number of hydrogen-bond acceptors (Lipinski definition) is 2. The lowest BCUT2D eigenvalue weighted by Crippen LogP contribution is -1.81. The summed E-state index contributed by atoms with van der Waals surface area (Å²) >= 11 is 0. The largest absolute Gasteiger partial charge is 0.508 e. The van der Waals surface area contributed by atoms with Crippen LogP contribution in [0, 0.1) is 0 Å². The van der Waals surface area contributed by atoms with Crippen molar-refractivity contribution in [3.05, 3.63) is 29.8 Å². The Balaban J connectivity index is 0.000000336. The average molecular weight is 234 g/mol. The highest BCUT2D eigenvalue weighted by atomic mass is 31.2. The van der Waals surface area contributed by atoms with Crippen LogP contribution in [0.2, 0.25) is 0 Å². The van der Waals surface area contributed by atoms with E-state index in [2.05, 4.69) is 6.92 Å². The normalized spacial score (nSPS) is 10.4. The number of rotatable bonds is 2. The molecule has 5 nitrogen and oxygen atoms in total. The van der Waals surface area contributed by atoms with E-state index in [1.807, 2.05) is 18.2 Å². The van der Waals surface area contributed by atoms with Crippen LogP contribution in [0.4, 0.5) is 0 Å². The standard InChI is InChI=1S/C9H12O.H3O4P/c1-2-5-8-6-3-4-7-9(8)10;1-5(2,3)4/h3-4,6-7,10H,2,5H2,1H3;(H3,1,2,3,4). The molecule has 0 aliphatic heterocycles. The molecule has 0 aliphatic rings. The Labute approximate surface area is 88.3 Å². The molecule has 4 N–H and O–H groups in total. The van der Waals surface area contributed by atoms with E-state index >= 15 is 0 Å². The molecule has 6 heteroatoms. The second kappa shape index (κ2) is 6.58. The van der Waals surface area contributed by atoms with Gasteiger partial charge in [-0.05, 0) is 18.1 Å². The van der Waals surface area contributed by atoms with Crippen molar-refractivity contribution in [3.8, 4) is 5.75 Å². The van der Waals surface area contributed by atoms with Gasteiger partial charge in [0, 0.05) is 0 Å². The first-order valence-electron chi connectivity index (χ1n) is 4.39. The Morgan fingerprint density at radius 1 is 1.20 bits per heavy atom. The predicted molar refractivity (Wildman–Crippen MR) is 56.4 cm³/mol. The molecule has 0 radical (unpaired) electrons. The summed E-state index contributed by atoms with van der Waals surface area (Å²) in [5.74, 6) is 0.421. The zero-order valence-corrected chi connectivity index (χ0v) is 9.26. The third-order valence-electron chi connectivity index (χ3n) is 1.51. The highest BCUT2D eigenvalue weighted by molar-refractivity contribution is 7.45. The van der Waals surface area contributed by atoms with Crippen LogP contribution in [0.15, 0.2) is 24.3 Å². The highest BCUT2D eigenvalue weighted by Gasteiger charge is 2.00. The van der Waals surface area contributed by atoms with Gasteiger partial charge in [-0.2, -0.15) is 0 Å². The third-order valence-corrected chi connectivity index (χ3v) is 1.51. The fourth-order valence-corrected chi connectivity index (χ4v) is 0.992. The summed E-state index contributed by atoms with van der Waals surface area (Å²) in [6.45, 7) is 2.10.